The number of benzene rings is 2. The molecule has 7 nitrogen and oxygen atoms in total. The molecule has 2 fully saturated rings. The molecule has 0 aromatic heterocycles. The van der Waals surface area contributed by atoms with Gasteiger partial charge in [-0.05, 0) is 48.2 Å². The zero-order valence-corrected chi connectivity index (χ0v) is 17.9. The van der Waals surface area contributed by atoms with E-state index in [2.05, 4.69) is 0 Å². The molecule has 0 N–H and O–H groups in total. The lowest BCUT2D eigenvalue weighted by atomic mass is 10.1. The second kappa shape index (κ2) is 7.80. The average molecular weight is 421 g/mol. The molecule has 5 rings (SSSR count). The molecule has 3 aliphatic rings. The normalized spacial score (nSPS) is 21.7. The smallest absolute Gasteiger partial charge is 0.254 e. The van der Waals surface area contributed by atoms with Crippen molar-refractivity contribution in [2.24, 2.45) is 5.92 Å². The lowest BCUT2D eigenvalue weighted by Crippen LogP contribution is -2.51. The van der Waals surface area contributed by atoms with E-state index in [1.54, 1.807) is 0 Å². The van der Waals surface area contributed by atoms with Crippen LogP contribution in [0.2, 0.25) is 0 Å². The Balaban J connectivity index is 1.17. The van der Waals surface area contributed by atoms with Gasteiger partial charge in [0.2, 0.25) is 12.7 Å². The molecule has 2 heterocycles. The number of anilines is 1. The number of carbonyl (C=O) groups excluding carboxylic acids is 2. The summed E-state index contributed by atoms with van der Waals surface area (Å²) in [5.74, 6) is 2.03. The molecule has 2 aromatic rings. The standard InChI is InChI=1S/C24H27N3O4/c1-25(2)18-5-3-4-17(12-18)23(28)26-8-10-27(11-9-26)24(29)20-14-19(20)16-6-7-21-22(13-16)31-15-30-21/h3-7,12-13,19-20H,8-11,14-15H2,1-2H3/t19-,20+/m0/s1. The Bertz CT molecular complexity index is 1010. The molecule has 2 atom stereocenters. The van der Waals surface area contributed by atoms with Crippen LogP contribution in [0.5, 0.6) is 11.5 Å². The van der Waals surface area contributed by atoms with Gasteiger partial charge in [0.25, 0.3) is 5.91 Å². The van der Waals surface area contributed by atoms with Crippen LogP contribution in [0.25, 0.3) is 0 Å². The molecule has 2 aliphatic heterocycles. The molecule has 1 aliphatic carbocycles. The first-order valence-electron chi connectivity index (χ1n) is 10.8. The summed E-state index contributed by atoms with van der Waals surface area (Å²) in [6, 6.07) is 13.6. The predicted molar refractivity (Wildman–Crippen MR) is 117 cm³/mol. The number of rotatable bonds is 4. The van der Waals surface area contributed by atoms with Gasteiger partial charge in [-0.2, -0.15) is 0 Å². The zero-order chi connectivity index (χ0) is 21.5. The Hall–Kier alpha value is -3.22. The third-order valence-corrected chi connectivity index (χ3v) is 6.42. The molecule has 2 amide bonds. The van der Waals surface area contributed by atoms with E-state index in [0.29, 0.717) is 31.7 Å². The van der Waals surface area contributed by atoms with E-state index in [1.165, 1.54) is 0 Å². The molecular weight excluding hydrogens is 394 g/mol. The highest BCUT2D eigenvalue weighted by molar-refractivity contribution is 5.95. The van der Waals surface area contributed by atoms with E-state index in [0.717, 1.165) is 29.2 Å². The summed E-state index contributed by atoms with van der Waals surface area (Å²) in [5.41, 5.74) is 2.83. The van der Waals surface area contributed by atoms with Crippen LogP contribution in [0, 0.1) is 5.92 Å². The van der Waals surface area contributed by atoms with Crippen molar-refractivity contribution >= 4 is 17.5 Å². The number of ether oxygens (including phenoxy) is 2. The monoisotopic (exact) mass is 421 g/mol. The molecule has 2 aromatic carbocycles. The Labute approximate surface area is 182 Å². The Morgan fingerprint density at radius 1 is 0.935 bits per heavy atom. The Kier molecular flexibility index (Phi) is 4.96. The number of hydrogen-bond acceptors (Lipinski definition) is 5. The van der Waals surface area contributed by atoms with Crippen LogP contribution in [0.15, 0.2) is 42.5 Å². The van der Waals surface area contributed by atoms with E-state index in [9.17, 15) is 9.59 Å². The van der Waals surface area contributed by atoms with Crippen LogP contribution in [0.1, 0.15) is 28.3 Å². The third kappa shape index (κ3) is 3.80. The maximum Gasteiger partial charge on any atom is 0.254 e. The highest BCUT2D eigenvalue weighted by Crippen LogP contribution is 2.50. The number of hydrogen-bond donors (Lipinski definition) is 0. The molecule has 0 bridgehead atoms. The fourth-order valence-corrected chi connectivity index (χ4v) is 4.44. The van der Waals surface area contributed by atoms with Crippen molar-refractivity contribution in [3.05, 3.63) is 53.6 Å². The van der Waals surface area contributed by atoms with Gasteiger partial charge in [0.05, 0.1) is 0 Å². The molecule has 31 heavy (non-hydrogen) atoms. The summed E-state index contributed by atoms with van der Waals surface area (Å²) in [6.07, 6.45) is 0.870. The van der Waals surface area contributed by atoms with Crippen molar-refractivity contribution in [1.29, 1.82) is 0 Å². The van der Waals surface area contributed by atoms with Gasteiger partial charge >= 0.3 is 0 Å². The number of carbonyl (C=O) groups is 2. The number of fused-ring (bicyclic) bond motifs is 1. The second-order valence-corrected chi connectivity index (χ2v) is 8.62. The summed E-state index contributed by atoms with van der Waals surface area (Å²) >= 11 is 0. The van der Waals surface area contributed by atoms with Gasteiger partial charge < -0.3 is 24.2 Å². The highest BCUT2D eigenvalue weighted by atomic mass is 16.7. The fourth-order valence-electron chi connectivity index (χ4n) is 4.44. The van der Waals surface area contributed by atoms with Crippen LogP contribution in [-0.4, -0.2) is 68.7 Å². The highest BCUT2D eigenvalue weighted by Gasteiger charge is 2.46. The molecule has 1 saturated heterocycles. The van der Waals surface area contributed by atoms with Gasteiger partial charge in [0.15, 0.2) is 11.5 Å². The van der Waals surface area contributed by atoms with Gasteiger partial charge in [-0.25, -0.2) is 0 Å². The van der Waals surface area contributed by atoms with E-state index < -0.39 is 0 Å². The number of piperazine rings is 1. The maximum absolute atomic E-state index is 13.0. The Morgan fingerprint density at radius 3 is 2.45 bits per heavy atom. The second-order valence-electron chi connectivity index (χ2n) is 8.62. The number of nitrogens with zero attached hydrogens (tertiary/aromatic N) is 3. The predicted octanol–water partition coefficient (Wildman–Crippen LogP) is 2.57. The summed E-state index contributed by atoms with van der Waals surface area (Å²) in [7, 11) is 3.92. The lowest BCUT2D eigenvalue weighted by molar-refractivity contribution is -0.134. The molecule has 1 saturated carbocycles. The van der Waals surface area contributed by atoms with E-state index in [4.69, 9.17) is 9.47 Å². The van der Waals surface area contributed by atoms with Crippen LogP contribution in [0.3, 0.4) is 0 Å². The SMILES string of the molecule is CN(C)c1cccc(C(=O)N2CCN(C(=O)[C@@H]3C[C@H]3c3ccc4c(c3)OCO4)CC2)c1. The maximum atomic E-state index is 13.0. The van der Waals surface area contributed by atoms with Gasteiger partial charge in [-0.3, -0.25) is 9.59 Å². The number of amides is 2. The molecule has 7 heteroatoms. The van der Waals surface area contributed by atoms with Crippen LogP contribution < -0.4 is 14.4 Å². The van der Waals surface area contributed by atoms with Gasteiger partial charge in [0, 0.05) is 57.4 Å². The van der Waals surface area contributed by atoms with Crippen LogP contribution in [-0.2, 0) is 4.79 Å². The minimum absolute atomic E-state index is 0.0272. The largest absolute Gasteiger partial charge is 0.454 e. The first-order valence-corrected chi connectivity index (χ1v) is 10.8. The first-order chi connectivity index (χ1) is 15.0. The topological polar surface area (TPSA) is 62.3 Å². The zero-order valence-electron chi connectivity index (χ0n) is 17.9. The van der Waals surface area contributed by atoms with Gasteiger partial charge in [-0.1, -0.05) is 12.1 Å². The minimum Gasteiger partial charge on any atom is -0.454 e. The van der Waals surface area contributed by atoms with Crippen molar-refractivity contribution < 1.29 is 19.1 Å². The molecule has 162 valence electrons. The summed E-state index contributed by atoms with van der Waals surface area (Å²) in [5, 5.41) is 0. The molecule has 0 radical (unpaired) electrons. The fraction of sp³-hybridized carbons (Fsp3) is 0.417. The first kappa shape index (κ1) is 19.7. The van der Waals surface area contributed by atoms with Crippen molar-refractivity contribution in [3.8, 4) is 11.5 Å². The van der Waals surface area contributed by atoms with Crippen molar-refractivity contribution in [3.63, 3.8) is 0 Å². The average Bonchev–Trinajstić information content (AvgIpc) is 3.47. The Morgan fingerprint density at radius 2 is 1.68 bits per heavy atom. The minimum atomic E-state index is 0.0272. The third-order valence-electron chi connectivity index (χ3n) is 6.42. The summed E-state index contributed by atoms with van der Waals surface area (Å²) in [4.78, 5) is 31.7. The quantitative estimate of drug-likeness (QED) is 0.759. The van der Waals surface area contributed by atoms with Gasteiger partial charge in [0.1, 0.15) is 0 Å². The van der Waals surface area contributed by atoms with E-state index in [1.807, 2.05) is 71.3 Å². The molecule has 0 spiro atoms. The lowest BCUT2D eigenvalue weighted by Gasteiger charge is -2.35. The summed E-state index contributed by atoms with van der Waals surface area (Å²) < 4.78 is 10.8. The van der Waals surface area contributed by atoms with E-state index in [-0.39, 0.29) is 30.4 Å². The van der Waals surface area contributed by atoms with E-state index >= 15 is 0 Å². The van der Waals surface area contributed by atoms with Crippen LogP contribution in [0.4, 0.5) is 5.69 Å². The van der Waals surface area contributed by atoms with Crippen molar-refractivity contribution in [2.75, 3.05) is 52.0 Å². The molecule has 0 unspecified atom stereocenters. The molecular formula is C24H27N3O4. The van der Waals surface area contributed by atoms with Gasteiger partial charge in [-0.15, -0.1) is 0 Å². The van der Waals surface area contributed by atoms with Crippen molar-refractivity contribution in [1.82, 2.24) is 9.80 Å². The van der Waals surface area contributed by atoms with Crippen molar-refractivity contribution in [2.45, 2.75) is 12.3 Å². The summed E-state index contributed by atoms with van der Waals surface area (Å²) in [6.45, 7) is 2.56. The van der Waals surface area contributed by atoms with Crippen LogP contribution >= 0.6 is 0 Å².